The fourth-order valence-electron chi connectivity index (χ4n) is 3.70. The van der Waals surface area contributed by atoms with E-state index < -0.39 is 6.04 Å². The second-order valence-corrected chi connectivity index (χ2v) is 8.78. The molecule has 7 heteroatoms. The molecule has 0 aromatic rings. The molecule has 1 fully saturated rings. The van der Waals surface area contributed by atoms with E-state index in [0.29, 0.717) is 37.8 Å². The SMILES string of the molecule is CC(=O)SCCN(CCC1CCCCC1)C(=O)N[C@@H](C)C(=O)N1CC=CC1. The number of carbonyl (C=O) groups is 3. The van der Waals surface area contributed by atoms with Crippen molar-refractivity contribution in [3.8, 4) is 0 Å². The van der Waals surface area contributed by atoms with Crippen molar-refractivity contribution < 1.29 is 14.4 Å². The third-order valence-corrected chi connectivity index (χ3v) is 6.12. The number of carbonyl (C=O) groups excluding carboxylic acids is 3. The molecule has 1 atom stereocenters. The number of amides is 3. The van der Waals surface area contributed by atoms with Crippen LogP contribution in [0.4, 0.5) is 4.79 Å². The summed E-state index contributed by atoms with van der Waals surface area (Å²) in [5.74, 6) is 1.22. The van der Waals surface area contributed by atoms with E-state index in [4.69, 9.17) is 0 Å². The van der Waals surface area contributed by atoms with Gasteiger partial charge in [-0.15, -0.1) is 0 Å². The van der Waals surface area contributed by atoms with Gasteiger partial charge in [0, 0.05) is 38.9 Å². The standard InChI is InChI=1S/C20H33N3O3S/c1-16(19(25)22-11-6-7-12-22)21-20(26)23(14-15-27-17(2)24)13-10-18-8-4-3-5-9-18/h6-7,16,18H,3-5,8-15H2,1-2H3,(H,21,26)/t16-/m0/s1. The first-order valence-electron chi connectivity index (χ1n) is 10.1. The normalized spacial score (nSPS) is 18.4. The molecular formula is C20H33N3O3S. The van der Waals surface area contributed by atoms with Crippen molar-refractivity contribution in [2.24, 2.45) is 5.92 Å². The maximum Gasteiger partial charge on any atom is 0.318 e. The molecular weight excluding hydrogens is 362 g/mol. The molecule has 0 aromatic carbocycles. The van der Waals surface area contributed by atoms with Crippen LogP contribution >= 0.6 is 11.8 Å². The third-order valence-electron chi connectivity index (χ3n) is 5.33. The highest BCUT2D eigenvalue weighted by molar-refractivity contribution is 8.13. The minimum Gasteiger partial charge on any atom is -0.333 e. The van der Waals surface area contributed by atoms with E-state index in [1.807, 2.05) is 12.2 Å². The van der Waals surface area contributed by atoms with Gasteiger partial charge >= 0.3 is 6.03 Å². The fourth-order valence-corrected chi connectivity index (χ4v) is 4.30. The molecule has 0 aromatic heterocycles. The molecule has 0 bridgehead atoms. The Labute approximate surface area is 167 Å². The van der Waals surface area contributed by atoms with E-state index in [2.05, 4.69) is 5.32 Å². The Hall–Kier alpha value is -1.50. The Morgan fingerprint density at radius 2 is 1.81 bits per heavy atom. The maximum atomic E-state index is 12.8. The highest BCUT2D eigenvalue weighted by atomic mass is 32.2. The van der Waals surface area contributed by atoms with Gasteiger partial charge in [-0.05, 0) is 19.3 Å². The van der Waals surface area contributed by atoms with Crippen molar-refractivity contribution in [3.63, 3.8) is 0 Å². The first-order chi connectivity index (χ1) is 13.0. The van der Waals surface area contributed by atoms with E-state index in [1.54, 1.807) is 23.6 Å². The number of nitrogens with one attached hydrogen (secondary N) is 1. The molecule has 1 N–H and O–H groups in total. The van der Waals surface area contributed by atoms with Gasteiger partial charge in [0.15, 0.2) is 5.12 Å². The smallest absolute Gasteiger partial charge is 0.318 e. The molecule has 1 heterocycles. The van der Waals surface area contributed by atoms with Gasteiger partial charge in [-0.3, -0.25) is 9.59 Å². The summed E-state index contributed by atoms with van der Waals surface area (Å²) in [7, 11) is 0. The Morgan fingerprint density at radius 3 is 2.44 bits per heavy atom. The quantitative estimate of drug-likeness (QED) is 0.642. The second-order valence-electron chi connectivity index (χ2n) is 7.51. The number of hydrogen-bond donors (Lipinski definition) is 1. The van der Waals surface area contributed by atoms with Crippen molar-refractivity contribution in [2.75, 3.05) is 31.9 Å². The Kier molecular flexibility index (Phi) is 9.18. The lowest BCUT2D eigenvalue weighted by Gasteiger charge is -2.29. The molecule has 27 heavy (non-hydrogen) atoms. The van der Waals surface area contributed by atoms with Crippen molar-refractivity contribution in [3.05, 3.63) is 12.2 Å². The second kappa shape index (κ2) is 11.4. The number of urea groups is 1. The van der Waals surface area contributed by atoms with Crippen molar-refractivity contribution in [1.29, 1.82) is 0 Å². The fraction of sp³-hybridized carbons (Fsp3) is 0.750. The predicted octanol–water partition coefficient (Wildman–Crippen LogP) is 3.04. The number of nitrogens with zero attached hydrogens (tertiary/aromatic N) is 2. The Morgan fingerprint density at radius 1 is 1.15 bits per heavy atom. The average molecular weight is 396 g/mol. The van der Waals surface area contributed by atoms with Crippen LogP contribution in [0.1, 0.15) is 52.4 Å². The predicted molar refractivity (Wildman–Crippen MR) is 110 cm³/mol. The van der Waals surface area contributed by atoms with Crippen LogP contribution in [-0.2, 0) is 9.59 Å². The molecule has 2 aliphatic rings. The minimum atomic E-state index is -0.546. The van der Waals surface area contributed by atoms with Gasteiger partial charge in [0.2, 0.25) is 5.91 Å². The lowest BCUT2D eigenvalue weighted by atomic mass is 9.87. The molecule has 1 aliphatic heterocycles. The molecule has 1 saturated carbocycles. The van der Waals surface area contributed by atoms with Crippen LogP contribution in [0, 0.1) is 5.92 Å². The van der Waals surface area contributed by atoms with Crippen LogP contribution in [0.2, 0.25) is 0 Å². The van der Waals surface area contributed by atoms with Gasteiger partial charge in [0.25, 0.3) is 0 Å². The third kappa shape index (κ3) is 7.56. The molecule has 152 valence electrons. The summed E-state index contributed by atoms with van der Waals surface area (Å²) in [4.78, 5) is 39.9. The Balaban J connectivity index is 1.85. The first kappa shape index (κ1) is 21.8. The van der Waals surface area contributed by atoms with Crippen LogP contribution in [0.15, 0.2) is 12.2 Å². The average Bonchev–Trinajstić information content (AvgIpc) is 3.19. The zero-order chi connectivity index (χ0) is 19.6. The molecule has 0 saturated heterocycles. The van der Waals surface area contributed by atoms with Crippen molar-refractivity contribution in [1.82, 2.24) is 15.1 Å². The molecule has 0 spiro atoms. The van der Waals surface area contributed by atoms with E-state index in [9.17, 15) is 14.4 Å². The number of rotatable bonds is 8. The lowest BCUT2D eigenvalue weighted by Crippen LogP contribution is -2.51. The van der Waals surface area contributed by atoms with Crippen molar-refractivity contribution >= 4 is 28.8 Å². The highest BCUT2D eigenvalue weighted by Gasteiger charge is 2.25. The Bertz CT molecular complexity index is 539. The van der Waals surface area contributed by atoms with Crippen LogP contribution in [-0.4, -0.2) is 64.8 Å². The van der Waals surface area contributed by atoms with Crippen LogP contribution in [0.3, 0.4) is 0 Å². The lowest BCUT2D eigenvalue weighted by molar-refractivity contribution is -0.131. The summed E-state index contributed by atoms with van der Waals surface area (Å²) in [6.45, 7) is 5.71. The molecule has 3 amide bonds. The highest BCUT2D eigenvalue weighted by Crippen LogP contribution is 2.26. The first-order valence-corrected chi connectivity index (χ1v) is 11.1. The zero-order valence-electron chi connectivity index (χ0n) is 16.6. The van der Waals surface area contributed by atoms with Crippen LogP contribution in [0.25, 0.3) is 0 Å². The monoisotopic (exact) mass is 395 g/mol. The van der Waals surface area contributed by atoms with Crippen molar-refractivity contribution in [2.45, 2.75) is 58.4 Å². The van der Waals surface area contributed by atoms with Gasteiger partial charge < -0.3 is 15.1 Å². The molecule has 0 unspecified atom stereocenters. The van der Waals surface area contributed by atoms with Crippen LogP contribution in [0.5, 0.6) is 0 Å². The molecule has 2 rings (SSSR count). The molecule has 0 radical (unpaired) electrons. The topological polar surface area (TPSA) is 69.7 Å². The number of thioether (sulfide) groups is 1. The minimum absolute atomic E-state index is 0.0568. The van der Waals surface area contributed by atoms with Crippen LogP contribution < -0.4 is 5.32 Å². The summed E-state index contributed by atoms with van der Waals surface area (Å²) in [5.41, 5.74) is 0. The van der Waals surface area contributed by atoms with E-state index >= 15 is 0 Å². The van der Waals surface area contributed by atoms with E-state index in [1.165, 1.54) is 43.9 Å². The summed E-state index contributed by atoms with van der Waals surface area (Å²) in [6.07, 6.45) is 11.3. The molecule has 1 aliphatic carbocycles. The van der Waals surface area contributed by atoms with E-state index in [-0.39, 0.29) is 17.1 Å². The summed E-state index contributed by atoms with van der Waals surface area (Å²) >= 11 is 1.24. The van der Waals surface area contributed by atoms with Gasteiger partial charge in [0.05, 0.1) is 0 Å². The largest absolute Gasteiger partial charge is 0.333 e. The maximum absolute atomic E-state index is 12.8. The molecule has 6 nitrogen and oxygen atoms in total. The number of hydrogen-bond acceptors (Lipinski definition) is 4. The van der Waals surface area contributed by atoms with Gasteiger partial charge in [-0.1, -0.05) is 56.0 Å². The summed E-state index contributed by atoms with van der Waals surface area (Å²) in [5, 5.41) is 2.92. The van der Waals surface area contributed by atoms with E-state index in [0.717, 1.165) is 6.42 Å². The summed E-state index contributed by atoms with van der Waals surface area (Å²) < 4.78 is 0. The zero-order valence-corrected chi connectivity index (χ0v) is 17.4. The van der Waals surface area contributed by atoms with Gasteiger partial charge in [-0.2, -0.15) is 0 Å². The summed E-state index contributed by atoms with van der Waals surface area (Å²) in [6, 6.07) is -0.752. The van der Waals surface area contributed by atoms with Gasteiger partial charge in [-0.25, -0.2) is 4.79 Å². The van der Waals surface area contributed by atoms with Gasteiger partial charge in [0.1, 0.15) is 6.04 Å².